The number of rotatable bonds is 3. The molecule has 0 aromatic heterocycles. The molecule has 14 heavy (non-hydrogen) atoms. The van der Waals surface area contributed by atoms with Gasteiger partial charge in [0, 0.05) is 6.04 Å². The largest absolute Gasteiger partial charge is 0.302 e. The van der Waals surface area contributed by atoms with Gasteiger partial charge in [0.25, 0.3) is 0 Å². The van der Waals surface area contributed by atoms with Gasteiger partial charge in [0.2, 0.25) is 0 Å². The molecule has 0 aromatic rings. The van der Waals surface area contributed by atoms with Gasteiger partial charge in [-0.1, -0.05) is 13.8 Å². The molecule has 2 heteroatoms. The average Bonchev–Trinajstić information content (AvgIpc) is 2.18. The molecular weight excluding hydrogens is 172 g/mol. The van der Waals surface area contributed by atoms with Crippen LogP contribution in [-0.2, 0) is 0 Å². The fourth-order valence-electron chi connectivity index (χ4n) is 2.51. The molecule has 3 atom stereocenters. The summed E-state index contributed by atoms with van der Waals surface area (Å²) in [5.41, 5.74) is 0. The monoisotopic (exact) mass is 194 g/mol. The highest BCUT2D eigenvalue weighted by Crippen LogP contribution is 2.31. The lowest BCUT2D eigenvalue weighted by atomic mass is 9.79. The summed E-state index contributed by atoms with van der Waals surface area (Å²) >= 11 is 0. The first-order valence-electron chi connectivity index (χ1n) is 5.78. The summed E-state index contributed by atoms with van der Waals surface area (Å²) in [6.07, 6.45) is 4.71. The van der Waals surface area contributed by atoms with Gasteiger partial charge in [0.1, 0.15) is 0 Å². The molecule has 0 aliphatic heterocycles. The maximum absolute atomic E-state index is 9.09. The van der Waals surface area contributed by atoms with E-state index >= 15 is 0 Å². The fourth-order valence-corrected chi connectivity index (χ4v) is 2.51. The summed E-state index contributed by atoms with van der Waals surface area (Å²) in [4.78, 5) is 2.38. The zero-order valence-electron chi connectivity index (χ0n) is 9.66. The molecule has 1 rings (SSSR count). The molecule has 0 radical (unpaired) electrons. The molecule has 80 valence electrons. The molecule has 0 spiro atoms. The number of hydrogen-bond acceptors (Lipinski definition) is 2. The van der Waals surface area contributed by atoms with Crippen LogP contribution in [0.5, 0.6) is 0 Å². The predicted molar refractivity (Wildman–Crippen MR) is 58.8 cm³/mol. The van der Waals surface area contributed by atoms with Crippen LogP contribution in [0.15, 0.2) is 0 Å². The van der Waals surface area contributed by atoms with E-state index in [4.69, 9.17) is 5.26 Å². The van der Waals surface area contributed by atoms with Gasteiger partial charge >= 0.3 is 0 Å². The maximum Gasteiger partial charge on any atom is 0.0672 e. The van der Waals surface area contributed by atoms with E-state index in [2.05, 4.69) is 31.9 Å². The molecule has 0 bridgehead atoms. The van der Waals surface area contributed by atoms with E-state index in [1.165, 1.54) is 19.3 Å². The first-order valence-corrected chi connectivity index (χ1v) is 5.78. The molecule has 0 aromatic carbocycles. The Hall–Kier alpha value is -0.550. The third-order valence-corrected chi connectivity index (χ3v) is 3.39. The average molecular weight is 194 g/mol. The summed E-state index contributed by atoms with van der Waals surface area (Å²) in [5.74, 6) is 1.06. The van der Waals surface area contributed by atoms with Crippen LogP contribution in [0.3, 0.4) is 0 Å². The van der Waals surface area contributed by atoms with Crippen molar-refractivity contribution in [2.24, 2.45) is 11.8 Å². The summed E-state index contributed by atoms with van der Waals surface area (Å²) < 4.78 is 0. The summed E-state index contributed by atoms with van der Waals surface area (Å²) in [6, 6.07) is 2.98. The molecule has 1 saturated carbocycles. The molecule has 1 aliphatic rings. The van der Waals surface area contributed by atoms with Gasteiger partial charge in [-0.05, 0) is 45.2 Å². The second kappa shape index (κ2) is 5.36. The number of hydrogen-bond donors (Lipinski definition) is 0. The fraction of sp³-hybridized carbons (Fsp3) is 0.917. The summed E-state index contributed by atoms with van der Waals surface area (Å²) in [5, 5.41) is 9.09. The van der Waals surface area contributed by atoms with Crippen molar-refractivity contribution < 1.29 is 0 Å². The van der Waals surface area contributed by atoms with Gasteiger partial charge in [-0.3, -0.25) is 0 Å². The smallest absolute Gasteiger partial charge is 0.0672 e. The van der Waals surface area contributed by atoms with E-state index < -0.39 is 0 Å². The molecule has 3 unspecified atom stereocenters. The van der Waals surface area contributed by atoms with Gasteiger partial charge in [0.05, 0.1) is 12.0 Å². The van der Waals surface area contributed by atoms with Crippen LogP contribution in [0.4, 0.5) is 0 Å². The van der Waals surface area contributed by atoms with Crippen molar-refractivity contribution >= 4 is 0 Å². The van der Waals surface area contributed by atoms with Crippen molar-refractivity contribution in [2.45, 2.75) is 45.6 Å². The van der Waals surface area contributed by atoms with Crippen molar-refractivity contribution in [3.8, 4) is 6.07 Å². The Morgan fingerprint density at radius 2 is 2.14 bits per heavy atom. The van der Waals surface area contributed by atoms with Gasteiger partial charge in [-0.25, -0.2) is 0 Å². The van der Waals surface area contributed by atoms with Crippen molar-refractivity contribution in [3.05, 3.63) is 0 Å². The maximum atomic E-state index is 9.09. The Labute approximate surface area is 87.9 Å². The Morgan fingerprint density at radius 3 is 2.71 bits per heavy atom. The van der Waals surface area contributed by atoms with Crippen molar-refractivity contribution in [2.75, 3.05) is 13.6 Å². The molecular formula is C12H22N2. The molecule has 1 fully saturated rings. The third kappa shape index (κ3) is 2.72. The summed E-state index contributed by atoms with van der Waals surface area (Å²) in [6.45, 7) is 5.63. The minimum Gasteiger partial charge on any atom is -0.302 e. The van der Waals surface area contributed by atoms with Crippen LogP contribution in [0, 0.1) is 23.2 Å². The van der Waals surface area contributed by atoms with Gasteiger partial charge in [-0.15, -0.1) is 0 Å². The summed E-state index contributed by atoms with van der Waals surface area (Å²) in [7, 11) is 2.16. The number of nitriles is 1. The predicted octanol–water partition coefficient (Wildman–Crippen LogP) is 2.66. The second-order valence-corrected chi connectivity index (χ2v) is 4.70. The minimum atomic E-state index is 0.266. The van der Waals surface area contributed by atoms with E-state index in [1.54, 1.807) is 0 Å². The number of nitrogens with zero attached hydrogens (tertiary/aromatic N) is 2. The van der Waals surface area contributed by atoms with E-state index in [0.29, 0.717) is 6.04 Å². The molecule has 0 N–H and O–H groups in total. The Balaban J connectivity index is 2.57. The van der Waals surface area contributed by atoms with Crippen molar-refractivity contribution in [1.29, 1.82) is 5.26 Å². The van der Waals surface area contributed by atoms with Crippen LogP contribution >= 0.6 is 0 Å². The zero-order chi connectivity index (χ0) is 10.6. The normalized spacial score (nSPS) is 32.9. The Kier molecular flexibility index (Phi) is 4.41. The van der Waals surface area contributed by atoms with Crippen molar-refractivity contribution in [3.63, 3.8) is 0 Å². The Bertz CT molecular complexity index is 207. The SMILES string of the molecule is CCCN(C)C1CC(C)CCC1C#N. The van der Waals surface area contributed by atoms with Gasteiger partial charge in [-0.2, -0.15) is 5.26 Å². The van der Waals surface area contributed by atoms with Gasteiger partial charge in [0.15, 0.2) is 0 Å². The van der Waals surface area contributed by atoms with Gasteiger partial charge < -0.3 is 4.90 Å². The Morgan fingerprint density at radius 1 is 1.43 bits per heavy atom. The minimum absolute atomic E-state index is 0.266. The third-order valence-electron chi connectivity index (χ3n) is 3.39. The molecule has 1 aliphatic carbocycles. The molecule has 0 amide bonds. The molecule has 2 nitrogen and oxygen atoms in total. The first kappa shape index (κ1) is 11.5. The van der Waals surface area contributed by atoms with Crippen molar-refractivity contribution in [1.82, 2.24) is 4.90 Å². The lowest BCUT2D eigenvalue weighted by molar-refractivity contribution is 0.131. The zero-order valence-corrected chi connectivity index (χ0v) is 9.66. The van der Waals surface area contributed by atoms with Crippen LogP contribution in [0.25, 0.3) is 0 Å². The highest BCUT2D eigenvalue weighted by atomic mass is 15.1. The highest BCUT2D eigenvalue weighted by Gasteiger charge is 2.30. The van der Waals surface area contributed by atoms with Crippen LogP contribution in [0.2, 0.25) is 0 Å². The highest BCUT2D eigenvalue weighted by molar-refractivity contribution is 4.96. The molecule has 0 saturated heterocycles. The quantitative estimate of drug-likeness (QED) is 0.690. The second-order valence-electron chi connectivity index (χ2n) is 4.70. The topological polar surface area (TPSA) is 27.0 Å². The van der Waals surface area contributed by atoms with Crippen LogP contribution < -0.4 is 0 Å². The van der Waals surface area contributed by atoms with E-state index in [0.717, 1.165) is 18.9 Å². The first-order chi connectivity index (χ1) is 6.69. The van der Waals surface area contributed by atoms with Crippen LogP contribution in [-0.4, -0.2) is 24.5 Å². The molecule has 0 heterocycles. The van der Waals surface area contributed by atoms with E-state index in [1.807, 2.05) is 0 Å². The van der Waals surface area contributed by atoms with Crippen LogP contribution in [0.1, 0.15) is 39.5 Å². The lowest BCUT2D eigenvalue weighted by Gasteiger charge is -2.37. The van der Waals surface area contributed by atoms with E-state index in [9.17, 15) is 0 Å². The van der Waals surface area contributed by atoms with E-state index in [-0.39, 0.29) is 5.92 Å². The lowest BCUT2D eigenvalue weighted by Crippen LogP contribution is -2.41. The standard InChI is InChI=1S/C12H22N2/c1-4-7-14(3)12-8-10(2)5-6-11(12)9-13/h10-12H,4-8H2,1-3H3.